The Labute approximate surface area is 320 Å². The lowest BCUT2D eigenvalue weighted by atomic mass is 10.0. The molecule has 0 spiro atoms. The van der Waals surface area contributed by atoms with E-state index < -0.39 is 0 Å². The maximum atomic E-state index is 12.6. The van der Waals surface area contributed by atoms with Gasteiger partial charge in [0.1, 0.15) is 0 Å². The molecule has 0 amide bonds. The highest BCUT2D eigenvalue weighted by Crippen LogP contribution is 2.26. The van der Waals surface area contributed by atoms with Crippen LogP contribution in [0.1, 0.15) is 11.1 Å². The van der Waals surface area contributed by atoms with Crippen molar-refractivity contribution in [3.05, 3.63) is 203 Å². The summed E-state index contributed by atoms with van der Waals surface area (Å²) in [5.74, 6) is 0. The van der Waals surface area contributed by atoms with Gasteiger partial charge in [0, 0.05) is 41.8 Å². The number of hydrogen-bond acceptors (Lipinski definition) is 8. The van der Waals surface area contributed by atoms with Gasteiger partial charge in [-0.25, -0.2) is 19.9 Å². The van der Waals surface area contributed by atoms with Gasteiger partial charge in [0.2, 0.25) is 0 Å². The molecule has 0 unspecified atom stereocenters. The highest BCUT2D eigenvalue weighted by Gasteiger charge is 2.08. The van der Waals surface area contributed by atoms with Crippen molar-refractivity contribution in [3.8, 4) is 22.3 Å². The van der Waals surface area contributed by atoms with E-state index in [0.29, 0.717) is 35.2 Å². The highest BCUT2D eigenvalue weighted by molar-refractivity contribution is 5.87. The minimum absolute atomic E-state index is 0.127. The lowest BCUT2D eigenvalue weighted by Gasteiger charge is -2.08. The molecule has 0 saturated heterocycles. The van der Waals surface area contributed by atoms with Crippen LogP contribution in [0.3, 0.4) is 0 Å². The van der Waals surface area contributed by atoms with Crippen LogP contribution in [0.15, 0.2) is 181 Å². The Balaban J connectivity index is 0.000000146. The van der Waals surface area contributed by atoms with Crippen molar-refractivity contribution in [3.63, 3.8) is 0 Å². The largest absolute Gasteiger partial charge is 0.293 e. The molecule has 0 bridgehead atoms. The molecule has 0 radical (unpaired) electrons. The highest BCUT2D eigenvalue weighted by atomic mass is 16.1. The molecule has 268 valence electrons. The zero-order chi connectivity index (χ0) is 37.8. The maximum absolute atomic E-state index is 12.6. The molecule has 0 saturated carbocycles. The van der Waals surface area contributed by atoms with Crippen molar-refractivity contribution in [2.24, 2.45) is 0 Å². The van der Waals surface area contributed by atoms with E-state index in [-0.39, 0.29) is 11.1 Å². The van der Waals surface area contributed by atoms with Crippen molar-refractivity contribution >= 4 is 43.7 Å². The second kappa shape index (κ2) is 15.0. The van der Waals surface area contributed by atoms with Gasteiger partial charge in [-0.05, 0) is 93.4 Å². The molecule has 0 aliphatic rings. The molecule has 10 aromatic rings. The zero-order valence-electron chi connectivity index (χ0n) is 30.0. The van der Waals surface area contributed by atoms with Crippen molar-refractivity contribution in [1.82, 2.24) is 39.0 Å². The van der Waals surface area contributed by atoms with Crippen LogP contribution in [0.4, 0.5) is 0 Å². The van der Waals surface area contributed by atoms with E-state index >= 15 is 0 Å². The van der Waals surface area contributed by atoms with Crippen molar-refractivity contribution < 1.29 is 0 Å². The van der Waals surface area contributed by atoms with Crippen LogP contribution in [-0.2, 0) is 13.1 Å². The third-order valence-electron chi connectivity index (χ3n) is 9.70. The number of rotatable bonds is 6. The second-order valence-corrected chi connectivity index (χ2v) is 13.3. The lowest BCUT2D eigenvalue weighted by Crippen LogP contribution is -2.21. The third kappa shape index (κ3) is 7.02. The van der Waals surface area contributed by atoms with Gasteiger partial charge in [-0.2, -0.15) is 0 Å². The van der Waals surface area contributed by atoms with Gasteiger partial charge in [-0.15, -0.1) is 0 Å². The molecule has 0 aliphatic carbocycles. The molecule has 10 heteroatoms. The summed E-state index contributed by atoms with van der Waals surface area (Å²) in [4.78, 5) is 50.7. The molecule has 0 aliphatic heterocycles. The number of fused-ring (bicyclic) bond motifs is 4. The number of benzene rings is 4. The molecule has 10 rings (SSSR count). The minimum atomic E-state index is -0.128. The second-order valence-electron chi connectivity index (χ2n) is 13.3. The number of nitrogens with zero attached hydrogens (tertiary/aromatic N) is 8. The zero-order valence-corrected chi connectivity index (χ0v) is 30.0. The summed E-state index contributed by atoms with van der Waals surface area (Å²) in [6.45, 7) is 0.919. The molecular formula is C46H32N8O2. The van der Waals surface area contributed by atoms with Gasteiger partial charge in [-0.1, -0.05) is 72.8 Å². The smallest absolute Gasteiger partial charge is 0.280 e. The average Bonchev–Trinajstić information content (AvgIpc) is 3.26. The normalized spacial score (nSPS) is 11.1. The van der Waals surface area contributed by atoms with E-state index in [0.717, 1.165) is 55.1 Å². The Morgan fingerprint density at radius 3 is 1.54 bits per heavy atom. The van der Waals surface area contributed by atoms with E-state index in [9.17, 15) is 9.59 Å². The maximum Gasteiger partial charge on any atom is 0.280 e. The molecule has 0 N–H and O–H groups in total. The fourth-order valence-corrected chi connectivity index (χ4v) is 6.71. The molecule has 4 aromatic carbocycles. The summed E-state index contributed by atoms with van der Waals surface area (Å²) in [6.07, 6.45) is 11.9. The number of pyridine rings is 4. The van der Waals surface area contributed by atoms with Crippen LogP contribution in [0.5, 0.6) is 0 Å². The van der Waals surface area contributed by atoms with Gasteiger partial charge in [-0.3, -0.25) is 28.7 Å². The number of aromatic nitrogens is 8. The Kier molecular flexibility index (Phi) is 9.10. The molecule has 0 atom stereocenters. The first-order valence-electron chi connectivity index (χ1n) is 18.0. The van der Waals surface area contributed by atoms with Crippen LogP contribution < -0.4 is 11.1 Å². The first kappa shape index (κ1) is 34.1. The Bertz CT molecular complexity index is 2930. The molecule has 10 nitrogen and oxygen atoms in total. The quantitative estimate of drug-likeness (QED) is 0.168. The van der Waals surface area contributed by atoms with E-state index in [2.05, 4.69) is 90.6 Å². The van der Waals surface area contributed by atoms with E-state index in [4.69, 9.17) is 0 Å². The van der Waals surface area contributed by atoms with Crippen LogP contribution in [0.25, 0.3) is 66.0 Å². The van der Waals surface area contributed by atoms with Gasteiger partial charge in [0.05, 0.1) is 42.3 Å². The predicted molar refractivity (Wildman–Crippen MR) is 220 cm³/mol. The Morgan fingerprint density at radius 1 is 0.411 bits per heavy atom. The van der Waals surface area contributed by atoms with Crippen LogP contribution in [0, 0.1) is 0 Å². The van der Waals surface area contributed by atoms with Gasteiger partial charge in [0.15, 0.2) is 11.0 Å². The van der Waals surface area contributed by atoms with Crippen molar-refractivity contribution in [1.29, 1.82) is 0 Å². The number of hydrogen-bond donors (Lipinski definition) is 0. The lowest BCUT2D eigenvalue weighted by molar-refractivity contribution is 0.746. The Morgan fingerprint density at radius 2 is 0.929 bits per heavy atom. The SMILES string of the molecule is O=c1c2ncccc2ncn1Cc1ccc(-c2ccc3cnccc3c2)cc1.O=c1c2ncccc2ncn1Cc1ccc(-c2ccc3ncccc3c2)cc1. The standard InChI is InChI=1S/2C23H16N4O/c28-23-22-21(4-2-12-25-22)26-15-27(23)14-16-5-7-17(8-6-16)18-9-10-20-19(13-18)3-1-11-24-20;28-23-22-21(2-1-10-25-22)26-15-27(23)14-16-3-5-17(6-4-16)18-7-8-20-13-24-11-9-19(20)12-18/h2*1-13,15H,14H2. The fraction of sp³-hybridized carbons (Fsp3) is 0.0435. The van der Waals surface area contributed by atoms with Crippen LogP contribution in [-0.4, -0.2) is 39.0 Å². The van der Waals surface area contributed by atoms with Crippen molar-refractivity contribution in [2.45, 2.75) is 13.1 Å². The topological polar surface area (TPSA) is 121 Å². The van der Waals surface area contributed by atoms with Gasteiger partial charge < -0.3 is 0 Å². The summed E-state index contributed by atoms with van der Waals surface area (Å²) >= 11 is 0. The van der Waals surface area contributed by atoms with Crippen LogP contribution in [0.2, 0.25) is 0 Å². The molecular weight excluding hydrogens is 697 g/mol. The third-order valence-corrected chi connectivity index (χ3v) is 9.70. The van der Waals surface area contributed by atoms with E-state index in [1.165, 1.54) is 0 Å². The first-order valence-corrected chi connectivity index (χ1v) is 18.0. The van der Waals surface area contributed by atoms with Gasteiger partial charge >= 0.3 is 0 Å². The Hall–Kier alpha value is -7.72. The monoisotopic (exact) mass is 728 g/mol. The summed E-state index contributed by atoms with van der Waals surface area (Å²) < 4.78 is 3.18. The average molecular weight is 729 g/mol. The summed E-state index contributed by atoms with van der Waals surface area (Å²) in [5.41, 5.74) is 9.37. The summed E-state index contributed by atoms with van der Waals surface area (Å²) in [6, 6.07) is 42.2. The van der Waals surface area contributed by atoms with E-state index in [1.807, 2.05) is 48.7 Å². The summed E-state index contributed by atoms with van der Waals surface area (Å²) in [5, 5.41) is 3.41. The van der Waals surface area contributed by atoms with Gasteiger partial charge in [0.25, 0.3) is 11.1 Å². The first-order chi connectivity index (χ1) is 27.6. The van der Waals surface area contributed by atoms with E-state index in [1.54, 1.807) is 70.8 Å². The molecule has 6 aromatic heterocycles. The fourth-order valence-electron chi connectivity index (χ4n) is 6.71. The molecule has 56 heavy (non-hydrogen) atoms. The predicted octanol–water partition coefficient (Wildman–Crippen LogP) is 8.11. The molecule has 0 fully saturated rings. The molecule has 6 heterocycles. The summed E-state index contributed by atoms with van der Waals surface area (Å²) in [7, 11) is 0. The minimum Gasteiger partial charge on any atom is -0.293 e. The van der Waals surface area contributed by atoms with Crippen molar-refractivity contribution in [2.75, 3.05) is 0 Å². The van der Waals surface area contributed by atoms with Crippen LogP contribution >= 0.6 is 0 Å².